The number of hydrogen-bond acceptors (Lipinski definition) is 4. The van der Waals surface area contributed by atoms with Gasteiger partial charge in [-0.15, -0.1) is 5.10 Å². The Morgan fingerprint density at radius 2 is 1.64 bits per heavy atom. The first-order chi connectivity index (χ1) is 13.7. The van der Waals surface area contributed by atoms with E-state index >= 15 is 0 Å². The van der Waals surface area contributed by atoms with Gasteiger partial charge in [0.15, 0.2) is 11.5 Å². The van der Waals surface area contributed by atoms with E-state index in [1.807, 2.05) is 47.1 Å². The Morgan fingerprint density at radius 3 is 2.50 bits per heavy atom. The van der Waals surface area contributed by atoms with Crippen LogP contribution in [0.2, 0.25) is 0 Å². The minimum atomic E-state index is 0.762. The standard InChI is InChI=1S/C22H20N6/c1-15-18(16(2)28(25-15)17-8-4-3-5-9-17)12-13-21-24-22-19-10-6-7-11-20(19)23-14-27(22)26-21/h3-11,14H,12-13H2,1-2H3. The normalized spacial score (nSPS) is 11.5. The zero-order valence-corrected chi connectivity index (χ0v) is 15.9. The lowest BCUT2D eigenvalue weighted by atomic mass is 10.1. The molecule has 0 aliphatic rings. The lowest BCUT2D eigenvalue weighted by Gasteiger charge is -2.04. The van der Waals surface area contributed by atoms with Gasteiger partial charge in [-0.05, 0) is 50.1 Å². The molecule has 5 aromatic rings. The number of fused-ring (bicyclic) bond motifs is 3. The molecule has 0 radical (unpaired) electrons. The van der Waals surface area contributed by atoms with Gasteiger partial charge in [0.2, 0.25) is 0 Å². The van der Waals surface area contributed by atoms with Gasteiger partial charge in [0, 0.05) is 17.5 Å². The average Bonchev–Trinajstić information content (AvgIpc) is 3.28. The molecular formula is C22H20N6. The maximum atomic E-state index is 4.76. The lowest BCUT2D eigenvalue weighted by Crippen LogP contribution is -2.00. The predicted octanol–water partition coefficient (Wildman–Crippen LogP) is 3.87. The van der Waals surface area contributed by atoms with Gasteiger partial charge >= 0.3 is 0 Å². The monoisotopic (exact) mass is 368 g/mol. The average molecular weight is 368 g/mol. The first-order valence-corrected chi connectivity index (χ1v) is 9.40. The smallest absolute Gasteiger partial charge is 0.166 e. The zero-order valence-electron chi connectivity index (χ0n) is 15.9. The van der Waals surface area contributed by atoms with Crippen molar-refractivity contribution >= 4 is 16.6 Å². The van der Waals surface area contributed by atoms with Crippen molar-refractivity contribution in [3.63, 3.8) is 0 Å². The molecule has 3 aromatic heterocycles. The van der Waals surface area contributed by atoms with Crippen molar-refractivity contribution in [3.05, 3.63) is 83.7 Å². The molecule has 0 bridgehead atoms. The summed E-state index contributed by atoms with van der Waals surface area (Å²) in [5.41, 5.74) is 6.35. The molecule has 28 heavy (non-hydrogen) atoms. The number of aryl methyl sites for hydroxylation is 2. The second-order valence-electron chi connectivity index (χ2n) is 6.95. The van der Waals surface area contributed by atoms with E-state index in [0.29, 0.717) is 0 Å². The van der Waals surface area contributed by atoms with Gasteiger partial charge in [-0.25, -0.2) is 19.2 Å². The Morgan fingerprint density at radius 1 is 0.857 bits per heavy atom. The van der Waals surface area contributed by atoms with Crippen molar-refractivity contribution in [3.8, 4) is 5.69 Å². The summed E-state index contributed by atoms with van der Waals surface area (Å²) in [6.45, 7) is 4.19. The van der Waals surface area contributed by atoms with Crippen LogP contribution in [0.5, 0.6) is 0 Å². The summed E-state index contributed by atoms with van der Waals surface area (Å²) in [5.74, 6) is 0.824. The van der Waals surface area contributed by atoms with E-state index in [1.54, 1.807) is 10.8 Å². The predicted molar refractivity (Wildman–Crippen MR) is 109 cm³/mol. The molecule has 0 spiro atoms. The topological polar surface area (TPSA) is 60.9 Å². The highest BCUT2D eigenvalue weighted by atomic mass is 15.3. The van der Waals surface area contributed by atoms with Crippen molar-refractivity contribution < 1.29 is 0 Å². The van der Waals surface area contributed by atoms with E-state index in [-0.39, 0.29) is 0 Å². The van der Waals surface area contributed by atoms with Crippen LogP contribution in [0.4, 0.5) is 0 Å². The molecule has 0 saturated carbocycles. The van der Waals surface area contributed by atoms with Crippen molar-refractivity contribution in [2.75, 3.05) is 0 Å². The van der Waals surface area contributed by atoms with E-state index in [1.165, 1.54) is 11.3 Å². The number of nitrogens with zero attached hydrogens (tertiary/aromatic N) is 6. The summed E-state index contributed by atoms with van der Waals surface area (Å²) in [6.07, 6.45) is 3.35. The van der Waals surface area contributed by atoms with E-state index < -0.39 is 0 Å². The molecule has 6 nitrogen and oxygen atoms in total. The maximum absolute atomic E-state index is 4.76. The number of rotatable bonds is 4. The van der Waals surface area contributed by atoms with Crippen LogP contribution >= 0.6 is 0 Å². The molecule has 2 aromatic carbocycles. The van der Waals surface area contributed by atoms with E-state index in [4.69, 9.17) is 10.1 Å². The fourth-order valence-electron chi connectivity index (χ4n) is 3.72. The second-order valence-corrected chi connectivity index (χ2v) is 6.95. The quantitative estimate of drug-likeness (QED) is 0.483. The fraction of sp³-hybridized carbons (Fsp3) is 0.182. The molecule has 6 heteroatoms. The molecule has 0 aliphatic carbocycles. The Hall–Kier alpha value is -3.54. The number of hydrogen-bond donors (Lipinski definition) is 0. The number of para-hydroxylation sites is 2. The second kappa shape index (κ2) is 6.56. The van der Waals surface area contributed by atoms with Gasteiger partial charge in [-0.2, -0.15) is 5.10 Å². The SMILES string of the molecule is Cc1nn(-c2ccccc2)c(C)c1CCc1nc2c3ccccc3ncn2n1. The molecule has 5 rings (SSSR count). The van der Waals surface area contributed by atoms with Crippen LogP contribution in [0, 0.1) is 13.8 Å². The molecule has 0 fully saturated rings. The number of aromatic nitrogens is 6. The van der Waals surface area contributed by atoms with Crippen molar-refractivity contribution in [2.45, 2.75) is 26.7 Å². The van der Waals surface area contributed by atoms with Crippen molar-refractivity contribution in [1.29, 1.82) is 0 Å². The molecule has 0 unspecified atom stereocenters. The molecule has 0 aliphatic heterocycles. The summed E-state index contributed by atoms with van der Waals surface area (Å²) < 4.78 is 3.78. The highest BCUT2D eigenvalue weighted by Crippen LogP contribution is 2.20. The summed E-state index contributed by atoms with van der Waals surface area (Å²) >= 11 is 0. The van der Waals surface area contributed by atoms with Gasteiger partial charge in [0.25, 0.3) is 0 Å². The third-order valence-corrected chi connectivity index (χ3v) is 5.17. The molecule has 0 amide bonds. The third kappa shape index (κ3) is 2.74. The van der Waals surface area contributed by atoms with Gasteiger partial charge in [0.05, 0.1) is 16.9 Å². The Bertz CT molecular complexity index is 1280. The van der Waals surface area contributed by atoms with Gasteiger partial charge in [0.1, 0.15) is 6.33 Å². The van der Waals surface area contributed by atoms with Crippen LogP contribution in [0.25, 0.3) is 22.2 Å². The Labute approximate surface area is 162 Å². The molecule has 138 valence electrons. The minimum Gasteiger partial charge on any atom is -0.238 e. The van der Waals surface area contributed by atoms with Crippen LogP contribution in [0.15, 0.2) is 60.9 Å². The fourth-order valence-corrected chi connectivity index (χ4v) is 3.72. The Kier molecular flexibility index (Phi) is 3.90. The van der Waals surface area contributed by atoms with E-state index in [2.05, 4.69) is 36.1 Å². The summed E-state index contributed by atoms with van der Waals surface area (Å²) in [7, 11) is 0. The van der Waals surface area contributed by atoms with E-state index in [9.17, 15) is 0 Å². The van der Waals surface area contributed by atoms with Crippen LogP contribution in [-0.2, 0) is 12.8 Å². The summed E-state index contributed by atoms with van der Waals surface area (Å²) in [5, 5.41) is 10.4. The first-order valence-electron chi connectivity index (χ1n) is 9.40. The first kappa shape index (κ1) is 16.6. The zero-order chi connectivity index (χ0) is 19.1. The van der Waals surface area contributed by atoms with Crippen molar-refractivity contribution in [2.24, 2.45) is 0 Å². The van der Waals surface area contributed by atoms with Gasteiger partial charge in [-0.1, -0.05) is 30.3 Å². The number of benzene rings is 2. The summed E-state index contributed by atoms with van der Waals surface area (Å²) in [4.78, 5) is 9.22. The van der Waals surface area contributed by atoms with Crippen LogP contribution < -0.4 is 0 Å². The van der Waals surface area contributed by atoms with Crippen LogP contribution in [0.1, 0.15) is 22.8 Å². The molecule has 0 N–H and O–H groups in total. The van der Waals surface area contributed by atoms with Crippen LogP contribution in [0.3, 0.4) is 0 Å². The molecule has 3 heterocycles. The molecule has 0 saturated heterocycles. The van der Waals surface area contributed by atoms with Crippen molar-refractivity contribution in [1.82, 2.24) is 29.4 Å². The summed E-state index contributed by atoms with van der Waals surface area (Å²) in [6, 6.07) is 18.2. The molecular weight excluding hydrogens is 348 g/mol. The Balaban J connectivity index is 1.45. The largest absolute Gasteiger partial charge is 0.238 e. The molecule has 0 atom stereocenters. The van der Waals surface area contributed by atoms with Crippen LogP contribution in [-0.4, -0.2) is 29.4 Å². The minimum absolute atomic E-state index is 0.762. The van der Waals surface area contributed by atoms with Gasteiger partial charge < -0.3 is 0 Å². The maximum Gasteiger partial charge on any atom is 0.166 e. The lowest BCUT2D eigenvalue weighted by molar-refractivity contribution is 0.818. The van der Waals surface area contributed by atoms with E-state index in [0.717, 1.165) is 46.6 Å². The van der Waals surface area contributed by atoms with Gasteiger partial charge in [-0.3, -0.25) is 0 Å². The highest BCUT2D eigenvalue weighted by molar-refractivity contribution is 5.90. The third-order valence-electron chi connectivity index (χ3n) is 5.17. The highest BCUT2D eigenvalue weighted by Gasteiger charge is 2.14.